The number of unbranched alkanes of at least 4 members (excludes halogenated alkanes) is 1. The van der Waals surface area contributed by atoms with Crippen molar-refractivity contribution in [1.29, 1.82) is 0 Å². The third kappa shape index (κ3) is 6.60. The zero-order chi connectivity index (χ0) is 14.1. The molecule has 0 radical (unpaired) electrons. The van der Waals surface area contributed by atoms with Crippen molar-refractivity contribution >= 4 is 17.6 Å². The van der Waals surface area contributed by atoms with Crippen molar-refractivity contribution in [1.82, 2.24) is 0 Å². The molecule has 0 aromatic heterocycles. The molecule has 0 aliphatic heterocycles. The van der Waals surface area contributed by atoms with E-state index < -0.39 is 11.9 Å². The zero-order valence-electron chi connectivity index (χ0n) is 11.3. The lowest BCUT2D eigenvalue weighted by Crippen LogP contribution is -2.18. The van der Waals surface area contributed by atoms with E-state index in [0.29, 0.717) is 31.1 Å². The van der Waals surface area contributed by atoms with E-state index in [-0.39, 0.29) is 0 Å². The number of halogens is 1. The summed E-state index contributed by atoms with van der Waals surface area (Å²) in [7, 11) is 0. The quantitative estimate of drug-likeness (QED) is 0.702. The molecule has 1 unspecified atom stereocenters. The number of ether oxygens (including phenoxy) is 1. The SMILES string of the molecule is CCCCOCCC(Cc1ccc(Cl)cc1)C(=O)O. The number of rotatable bonds is 9. The molecular weight excluding hydrogens is 264 g/mol. The van der Waals surface area contributed by atoms with Gasteiger partial charge >= 0.3 is 5.97 Å². The van der Waals surface area contributed by atoms with Crippen molar-refractivity contribution in [3.63, 3.8) is 0 Å². The van der Waals surface area contributed by atoms with Crippen LogP contribution in [-0.4, -0.2) is 24.3 Å². The van der Waals surface area contributed by atoms with Crippen molar-refractivity contribution in [2.75, 3.05) is 13.2 Å². The number of aliphatic carboxylic acids is 1. The first kappa shape index (κ1) is 16.0. The molecule has 1 N–H and O–H groups in total. The molecule has 106 valence electrons. The topological polar surface area (TPSA) is 46.5 Å². The number of hydrogen-bond donors (Lipinski definition) is 1. The van der Waals surface area contributed by atoms with Crippen molar-refractivity contribution in [3.8, 4) is 0 Å². The van der Waals surface area contributed by atoms with Crippen LogP contribution in [0.3, 0.4) is 0 Å². The van der Waals surface area contributed by atoms with Gasteiger partial charge < -0.3 is 9.84 Å². The first-order chi connectivity index (χ1) is 9.13. The molecule has 0 bridgehead atoms. The number of benzene rings is 1. The van der Waals surface area contributed by atoms with Crippen LogP contribution >= 0.6 is 11.6 Å². The van der Waals surface area contributed by atoms with E-state index in [1.807, 2.05) is 12.1 Å². The normalized spacial score (nSPS) is 12.3. The van der Waals surface area contributed by atoms with E-state index in [9.17, 15) is 9.90 Å². The molecule has 4 heteroatoms. The lowest BCUT2D eigenvalue weighted by atomic mass is 9.97. The van der Waals surface area contributed by atoms with Crippen molar-refractivity contribution in [3.05, 3.63) is 34.9 Å². The predicted molar refractivity (Wildman–Crippen MR) is 76.6 cm³/mol. The van der Waals surface area contributed by atoms with Gasteiger partial charge in [0.25, 0.3) is 0 Å². The second-order valence-electron chi connectivity index (χ2n) is 4.62. The standard InChI is InChI=1S/C15H21ClO3/c1-2-3-9-19-10-8-13(15(17)18)11-12-4-6-14(16)7-5-12/h4-7,13H,2-3,8-11H2,1H3,(H,17,18). The molecule has 3 nitrogen and oxygen atoms in total. The van der Waals surface area contributed by atoms with Crippen molar-refractivity contribution in [2.45, 2.75) is 32.6 Å². The van der Waals surface area contributed by atoms with Gasteiger partial charge in [-0.25, -0.2) is 0 Å². The highest BCUT2D eigenvalue weighted by Crippen LogP contribution is 2.16. The van der Waals surface area contributed by atoms with Crippen molar-refractivity contribution in [2.24, 2.45) is 5.92 Å². The van der Waals surface area contributed by atoms with Gasteiger partial charge in [-0.15, -0.1) is 0 Å². The van der Waals surface area contributed by atoms with Crippen LogP contribution in [0.25, 0.3) is 0 Å². The fourth-order valence-corrected chi connectivity index (χ4v) is 1.92. The Kier molecular flexibility index (Phi) is 7.53. The predicted octanol–water partition coefficient (Wildman–Crippen LogP) is 3.79. The minimum Gasteiger partial charge on any atom is -0.481 e. The molecule has 0 saturated carbocycles. The van der Waals surface area contributed by atoms with E-state index in [2.05, 4.69) is 6.92 Å². The summed E-state index contributed by atoms with van der Waals surface area (Å²) >= 11 is 5.81. The molecule has 0 heterocycles. The average molecular weight is 285 g/mol. The highest BCUT2D eigenvalue weighted by atomic mass is 35.5. The van der Waals surface area contributed by atoms with E-state index in [4.69, 9.17) is 16.3 Å². The smallest absolute Gasteiger partial charge is 0.306 e. The first-order valence-corrected chi connectivity index (χ1v) is 7.06. The Labute approximate surface area is 119 Å². The van der Waals surface area contributed by atoms with Crippen LogP contribution in [0.2, 0.25) is 5.02 Å². The third-order valence-corrected chi connectivity index (χ3v) is 3.25. The summed E-state index contributed by atoms with van der Waals surface area (Å²) in [5, 5.41) is 9.88. The molecule has 1 rings (SSSR count). The number of hydrogen-bond acceptors (Lipinski definition) is 2. The summed E-state index contributed by atoms with van der Waals surface area (Å²) in [5.41, 5.74) is 0.991. The Morgan fingerprint density at radius 3 is 2.58 bits per heavy atom. The maximum absolute atomic E-state index is 11.2. The van der Waals surface area contributed by atoms with Gasteiger partial charge in [-0.3, -0.25) is 4.79 Å². The van der Waals surface area contributed by atoms with E-state index >= 15 is 0 Å². The molecule has 1 atom stereocenters. The van der Waals surface area contributed by atoms with Crippen molar-refractivity contribution < 1.29 is 14.6 Å². The van der Waals surface area contributed by atoms with Gasteiger partial charge in [-0.1, -0.05) is 37.1 Å². The summed E-state index contributed by atoms with van der Waals surface area (Å²) in [6, 6.07) is 7.31. The Morgan fingerprint density at radius 1 is 1.32 bits per heavy atom. The number of carboxylic acids is 1. The van der Waals surface area contributed by atoms with Gasteiger partial charge in [-0.05, 0) is 37.0 Å². The van der Waals surface area contributed by atoms with Gasteiger partial charge in [-0.2, -0.15) is 0 Å². The van der Waals surface area contributed by atoms with Gasteiger partial charge in [0.05, 0.1) is 5.92 Å². The Bertz CT molecular complexity index is 375. The van der Waals surface area contributed by atoms with Crippen LogP contribution in [0.15, 0.2) is 24.3 Å². The molecule has 0 spiro atoms. The second-order valence-corrected chi connectivity index (χ2v) is 5.06. The van der Waals surface area contributed by atoms with Crippen LogP contribution in [0.1, 0.15) is 31.7 Å². The van der Waals surface area contributed by atoms with E-state index in [0.717, 1.165) is 18.4 Å². The molecule has 0 aliphatic rings. The van der Waals surface area contributed by atoms with Gasteiger partial charge in [0.2, 0.25) is 0 Å². The monoisotopic (exact) mass is 284 g/mol. The largest absolute Gasteiger partial charge is 0.481 e. The third-order valence-electron chi connectivity index (χ3n) is 3.00. The highest BCUT2D eigenvalue weighted by Gasteiger charge is 2.17. The fourth-order valence-electron chi connectivity index (χ4n) is 1.79. The zero-order valence-corrected chi connectivity index (χ0v) is 12.0. The average Bonchev–Trinajstić information content (AvgIpc) is 2.39. The van der Waals surface area contributed by atoms with Crippen LogP contribution in [0.4, 0.5) is 0 Å². The summed E-state index contributed by atoms with van der Waals surface area (Å²) < 4.78 is 5.43. The van der Waals surface area contributed by atoms with Gasteiger partial charge in [0, 0.05) is 18.2 Å². The maximum Gasteiger partial charge on any atom is 0.306 e. The van der Waals surface area contributed by atoms with Crippen LogP contribution < -0.4 is 0 Å². The minimum absolute atomic E-state index is 0.400. The summed E-state index contributed by atoms with van der Waals surface area (Å²) in [5.74, 6) is -1.17. The van der Waals surface area contributed by atoms with E-state index in [1.54, 1.807) is 12.1 Å². The molecule has 0 amide bonds. The number of carboxylic acid groups (broad SMARTS) is 1. The molecule has 1 aromatic rings. The Balaban J connectivity index is 2.40. The van der Waals surface area contributed by atoms with Crippen LogP contribution in [-0.2, 0) is 16.0 Å². The van der Waals surface area contributed by atoms with Crippen LogP contribution in [0.5, 0.6) is 0 Å². The first-order valence-electron chi connectivity index (χ1n) is 6.68. The van der Waals surface area contributed by atoms with Gasteiger partial charge in [0.15, 0.2) is 0 Å². The highest BCUT2D eigenvalue weighted by molar-refractivity contribution is 6.30. The number of carbonyl (C=O) groups is 1. The summed E-state index contributed by atoms with van der Waals surface area (Å²) in [6.45, 7) is 3.32. The summed E-state index contributed by atoms with van der Waals surface area (Å²) in [6.07, 6.45) is 3.17. The second kappa shape index (κ2) is 8.94. The Morgan fingerprint density at radius 2 is 2.00 bits per heavy atom. The maximum atomic E-state index is 11.2. The molecule has 0 fully saturated rings. The fraction of sp³-hybridized carbons (Fsp3) is 0.533. The molecular formula is C15H21ClO3. The van der Waals surface area contributed by atoms with E-state index in [1.165, 1.54) is 0 Å². The van der Waals surface area contributed by atoms with Crippen LogP contribution in [0, 0.1) is 5.92 Å². The lowest BCUT2D eigenvalue weighted by molar-refractivity contribution is -0.142. The molecule has 0 saturated heterocycles. The summed E-state index contributed by atoms with van der Waals surface area (Å²) in [4.78, 5) is 11.2. The lowest BCUT2D eigenvalue weighted by Gasteiger charge is -2.12. The molecule has 0 aliphatic carbocycles. The minimum atomic E-state index is -0.769. The van der Waals surface area contributed by atoms with Gasteiger partial charge in [0.1, 0.15) is 0 Å². The molecule has 19 heavy (non-hydrogen) atoms. The Hall–Kier alpha value is -1.06. The molecule has 1 aromatic carbocycles.